The second kappa shape index (κ2) is 7.52. The molecule has 3 aliphatic rings. The van der Waals surface area contributed by atoms with Crippen molar-refractivity contribution in [1.82, 2.24) is 9.55 Å². The van der Waals surface area contributed by atoms with E-state index in [9.17, 15) is 4.79 Å². The van der Waals surface area contributed by atoms with Crippen LogP contribution in [0.15, 0.2) is 34.2 Å². The van der Waals surface area contributed by atoms with Crippen molar-refractivity contribution in [3.05, 3.63) is 45.7 Å². The third-order valence-electron chi connectivity index (χ3n) is 7.44. The smallest absolute Gasteiger partial charge is 0.258 e. The van der Waals surface area contributed by atoms with Gasteiger partial charge in [0, 0.05) is 23.6 Å². The minimum absolute atomic E-state index is 0.0502. The van der Waals surface area contributed by atoms with Gasteiger partial charge in [0.2, 0.25) is 0 Å². The third-order valence-corrected chi connectivity index (χ3v) is 8.10. The van der Waals surface area contributed by atoms with E-state index in [1.807, 2.05) is 10.8 Å². The van der Waals surface area contributed by atoms with E-state index in [0.29, 0.717) is 6.61 Å². The zero-order valence-electron chi connectivity index (χ0n) is 18.4. The maximum absolute atomic E-state index is 14.3. The minimum Gasteiger partial charge on any atom is -0.375 e. The number of fused-ring (bicyclic) bond motifs is 4. The Morgan fingerprint density at radius 3 is 2.67 bits per heavy atom. The summed E-state index contributed by atoms with van der Waals surface area (Å²) in [6, 6.07) is 8.75. The normalized spacial score (nSPS) is 24.3. The molecule has 5 heteroatoms. The molecule has 1 atom stereocenters. The SMILES string of the molecule is CSc1nc2c(c(=O)n1C1CCOC(C)(C)C1)C1(CCCCC1)Cc1ccccc1-2. The predicted molar refractivity (Wildman–Crippen MR) is 122 cm³/mol. The van der Waals surface area contributed by atoms with E-state index < -0.39 is 0 Å². The second-order valence-corrected chi connectivity index (χ2v) is 10.7. The van der Waals surface area contributed by atoms with E-state index >= 15 is 0 Å². The number of aromatic nitrogens is 2. The minimum atomic E-state index is -0.205. The van der Waals surface area contributed by atoms with Gasteiger partial charge >= 0.3 is 0 Å². The van der Waals surface area contributed by atoms with Gasteiger partial charge in [-0.25, -0.2) is 4.98 Å². The average molecular weight is 425 g/mol. The fourth-order valence-corrected chi connectivity index (χ4v) is 6.70. The molecule has 160 valence electrons. The first-order valence-electron chi connectivity index (χ1n) is 11.4. The van der Waals surface area contributed by atoms with E-state index in [0.717, 1.165) is 54.1 Å². The lowest BCUT2D eigenvalue weighted by atomic mass is 9.62. The van der Waals surface area contributed by atoms with Crippen molar-refractivity contribution in [1.29, 1.82) is 0 Å². The first-order chi connectivity index (χ1) is 14.4. The van der Waals surface area contributed by atoms with Crippen LogP contribution in [0.25, 0.3) is 11.3 Å². The molecule has 2 fully saturated rings. The molecule has 2 heterocycles. The van der Waals surface area contributed by atoms with Crippen LogP contribution in [0.4, 0.5) is 0 Å². The Balaban J connectivity index is 1.75. The summed E-state index contributed by atoms with van der Waals surface area (Å²) in [5, 5.41) is 0.851. The standard InChI is InChI=1S/C25H32N2O2S/c1-24(2)16-18(11-14-29-24)27-22(28)20-21(26-23(27)30-3)19-10-6-5-9-17(19)15-25(20)12-7-4-8-13-25/h5-6,9-10,18H,4,7-8,11-16H2,1-3H3. The van der Waals surface area contributed by atoms with E-state index in [2.05, 4.69) is 38.1 Å². The highest BCUT2D eigenvalue weighted by Crippen LogP contribution is 2.49. The zero-order valence-corrected chi connectivity index (χ0v) is 19.2. The summed E-state index contributed by atoms with van der Waals surface area (Å²) < 4.78 is 8.00. The maximum Gasteiger partial charge on any atom is 0.258 e. The number of nitrogens with zero attached hydrogens (tertiary/aromatic N) is 2. The van der Waals surface area contributed by atoms with Gasteiger partial charge < -0.3 is 4.74 Å². The van der Waals surface area contributed by atoms with Crippen LogP contribution in [-0.4, -0.2) is 28.0 Å². The molecule has 1 saturated carbocycles. The molecule has 2 aliphatic carbocycles. The highest BCUT2D eigenvalue weighted by Gasteiger charge is 2.44. The molecule has 0 amide bonds. The first kappa shape index (κ1) is 20.3. The van der Waals surface area contributed by atoms with E-state index in [1.165, 1.54) is 24.8 Å². The summed E-state index contributed by atoms with van der Waals surface area (Å²) in [4.78, 5) is 19.4. The van der Waals surface area contributed by atoms with Crippen LogP contribution in [0.1, 0.15) is 76.0 Å². The zero-order chi connectivity index (χ0) is 20.9. The van der Waals surface area contributed by atoms with Crippen LogP contribution in [0.5, 0.6) is 0 Å². The highest BCUT2D eigenvalue weighted by atomic mass is 32.2. The van der Waals surface area contributed by atoms with E-state index in [1.54, 1.807) is 11.8 Å². The van der Waals surface area contributed by atoms with Crippen molar-refractivity contribution in [2.45, 2.75) is 87.4 Å². The Bertz CT molecular complexity index is 1020. The molecule has 1 saturated heterocycles. The van der Waals surface area contributed by atoms with Gasteiger partial charge in [0.05, 0.1) is 16.9 Å². The lowest BCUT2D eigenvalue weighted by Gasteiger charge is -2.43. The molecule has 0 bridgehead atoms. The number of ether oxygens (including phenoxy) is 1. The van der Waals surface area contributed by atoms with Crippen molar-refractivity contribution in [2.24, 2.45) is 0 Å². The van der Waals surface area contributed by atoms with Crippen LogP contribution in [0.3, 0.4) is 0 Å². The monoisotopic (exact) mass is 424 g/mol. The summed E-state index contributed by atoms with van der Waals surface area (Å²) in [7, 11) is 0. The van der Waals surface area contributed by atoms with Gasteiger partial charge in [0.15, 0.2) is 5.16 Å². The van der Waals surface area contributed by atoms with Gasteiger partial charge in [0.1, 0.15) is 0 Å². The first-order valence-corrected chi connectivity index (χ1v) is 12.6. The highest BCUT2D eigenvalue weighted by molar-refractivity contribution is 7.98. The van der Waals surface area contributed by atoms with Gasteiger partial charge in [0.25, 0.3) is 5.56 Å². The Labute approximate surface area is 183 Å². The van der Waals surface area contributed by atoms with Gasteiger partial charge in [-0.3, -0.25) is 9.36 Å². The summed E-state index contributed by atoms with van der Waals surface area (Å²) in [6.45, 7) is 4.96. The fourth-order valence-electron chi connectivity index (χ4n) is 6.09. The van der Waals surface area contributed by atoms with Crippen molar-refractivity contribution >= 4 is 11.8 Å². The van der Waals surface area contributed by atoms with Crippen molar-refractivity contribution in [2.75, 3.05) is 12.9 Å². The Morgan fingerprint density at radius 1 is 1.17 bits per heavy atom. The average Bonchev–Trinajstić information content (AvgIpc) is 2.73. The molecule has 1 spiro atoms. The number of thioether (sulfide) groups is 1. The number of hydrogen-bond donors (Lipinski definition) is 0. The molecule has 0 radical (unpaired) electrons. The number of benzene rings is 1. The van der Waals surface area contributed by atoms with Crippen molar-refractivity contribution in [3.8, 4) is 11.3 Å². The molecule has 2 aromatic rings. The summed E-state index contributed by atoms with van der Waals surface area (Å²) in [5.74, 6) is 0. The third kappa shape index (κ3) is 3.25. The molecular formula is C25H32N2O2S. The number of rotatable bonds is 2. The molecule has 1 aromatic heterocycles. The predicted octanol–water partition coefficient (Wildman–Crippen LogP) is 5.52. The van der Waals surface area contributed by atoms with Crippen LogP contribution >= 0.6 is 11.8 Å². The quantitative estimate of drug-likeness (QED) is 0.470. The Morgan fingerprint density at radius 2 is 1.93 bits per heavy atom. The summed E-state index contributed by atoms with van der Waals surface area (Å²) >= 11 is 1.60. The molecule has 1 aliphatic heterocycles. The van der Waals surface area contributed by atoms with Gasteiger partial charge in [-0.1, -0.05) is 55.3 Å². The number of hydrogen-bond acceptors (Lipinski definition) is 4. The van der Waals surface area contributed by atoms with Gasteiger partial charge in [-0.2, -0.15) is 0 Å². The van der Waals surface area contributed by atoms with Crippen LogP contribution in [0.2, 0.25) is 0 Å². The molecule has 4 nitrogen and oxygen atoms in total. The van der Waals surface area contributed by atoms with E-state index in [-0.39, 0.29) is 22.6 Å². The largest absolute Gasteiger partial charge is 0.375 e. The lowest BCUT2D eigenvalue weighted by Crippen LogP contribution is -2.45. The van der Waals surface area contributed by atoms with Gasteiger partial charge in [-0.05, 0) is 57.8 Å². The Hall–Kier alpha value is -1.59. The van der Waals surface area contributed by atoms with Crippen LogP contribution in [0, 0.1) is 0 Å². The van der Waals surface area contributed by atoms with E-state index in [4.69, 9.17) is 9.72 Å². The molecule has 0 N–H and O–H groups in total. The topological polar surface area (TPSA) is 44.1 Å². The van der Waals surface area contributed by atoms with Crippen molar-refractivity contribution < 1.29 is 4.74 Å². The fraction of sp³-hybridized carbons (Fsp3) is 0.600. The molecule has 30 heavy (non-hydrogen) atoms. The lowest BCUT2D eigenvalue weighted by molar-refractivity contribution is -0.0710. The van der Waals surface area contributed by atoms with Gasteiger partial charge in [-0.15, -0.1) is 0 Å². The molecular weight excluding hydrogens is 392 g/mol. The van der Waals surface area contributed by atoms with Crippen LogP contribution < -0.4 is 5.56 Å². The van der Waals surface area contributed by atoms with Crippen molar-refractivity contribution in [3.63, 3.8) is 0 Å². The summed E-state index contributed by atoms with van der Waals surface area (Å²) in [5.41, 5.74) is 4.43. The maximum atomic E-state index is 14.3. The molecule has 1 unspecified atom stereocenters. The molecule has 1 aromatic carbocycles. The molecule has 5 rings (SSSR count). The Kier molecular flexibility index (Phi) is 5.10. The van der Waals surface area contributed by atoms with Crippen LogP contribution in [-0.2, 0) is 16.6 Å². The second-order valence-electron chi connectivity index (χ2n) is 9.93. The summed E-state index contributed by atoms with van der Waals surface area (Å²) in [6.07, 6.45) is 10.6.